The van der Waals surface area contributed by atoms with Crippen LogP contribution in [0.2, 0.25) is 5.02 Å². The van der Waals surface area contributed by atoms with Crippen molar-refractivity contribution in [3.63, 3.8) is 0 Å². The summed E-state index contributed by atoms with van der Waals surface area (Å²) in [6.45, 7) is 3.69. The van der Waals surface area contributed by atoms with Gasteiger partial charge in [-0.3, -0.25) is 14.6 Å². The molecule has 1 unspecified atom stereocenters. The Balaban J connectivity index is 2.21. The van der Waals surface area contributed by atoms with Gasteiger partial charge < -0.3 is 5.11 Å². The summed E-state index contributed by atoms with van der Waals surface area (Å²) in [6, 6.07) is 0. The third-order valence-electron chi connectivity index (χ3n) is 2.79. The maximum Gasteiger partial charge on any atom is 0.103 e. The van der Waals surface area contributed by atoms with E-state index in [4.69, 9.17) is 11.6 Å². The van der Waals surface area contributed by atoms with Crippen LogP contribution in [0, 0.1) is 13.8 Å². The molecule has 0 aliphatic carbocycles. The van der Waals surface area contributed by atoms with Crippen molar-refractivity contribution >= 4 is 11.6 Å². The van der Waals surface area contributed by atoms with Crippen LogP contribution in [0.5, 0.6) is 0 Å². The van der Waals surface area contributed by atoms with Crippen LogP contribution in [0.4, 0.5) is 0 Å². The molecule has 96 valence electrons. The van der Waals surface area contributed by atoms with Gasteiger partial charge >= 0.3 is 0 Å². The predicted octanol–water partition coefficient (Wildman–Crippen LogP) is 1.76. The van der Waals surface area contributed by atoms with Gasteiger partial charge in [-0.2, -0.15) is 5.10 Å². The molecule has 0 fully saturated rings. The molecule has 5 nitrogen and oxygen atoms in total. The van der Waals surface area contributed by atoms with Gasteiger partial charge in [0.15, 0.2) is 0 Å². The first-order valence-electron chi connectivity index (χ1n) is 5.63. The average molecular weight is 267 g/mol. The molecular formula is C12H15ClN4O. The number of nitrogens with zero attached hydrogens (tertiary/aromatic N) is 4. The summed E-state index contributed by atoms with van der Waals surface area (Å²) in [5.74, 6) is 0. The van der Waals surface area contributed by atoms with Gasteiger partial charge in [0, 0.05) is 19.7 Å². The Labute approximate surface area is 110 Å². The van der Waals surface area contributed by atoms with Crippen molar-refractivity contribution in [2.75, 3.05) is 0 Å². The molecule has 0 saturated carbocycles. The van der Waals surface area contributed by atoms with Crippen LogP contribution in [0.1, 0.15) is 28.9 Å². The Hall–Kier alpha value is -1.46. The number of aromatic nitrogens is 4. The quantitative estimate of drug-likeness (QED) is 0.919. The topological polar surface area (TPSA) is 63.8 Å². The van der Waals surface area contributed by atoms with Gasteiger partial charge in [0.25, 0.3) is 0 Å². The van der Waals surface area contributed by atoms with E-state index in [2.05, 4.69) is 15.1 Å². The SMILES string of the molecule is Cc1cnc(C(O)Cc2c(Cl)c(C)nn2C)cn1. The zero-order chi connectivity index (χ0) is 13.3. The number of aliphatic hydroxyl groups excluding tert-OH is 1. The van der Waals surface area contributed by atoms with E-state index >= 15 is 0 Å². The third-order valence-corrected chi connectivity index (χ3v) is 3.28. The number of aryl methyl sites for hydroxylation is 3. The maximum absolute atomic E-state index is 10.1. The summed E-state index contributed by atoms with van der Waals surface area (Å²) in [7, 11) is 1.81. The van der Waals surface area contributed by atoms with Gasteiger partial charge in [0.05, 0.1) is 34.0 Å². The molecule has 2 aromatic rings. The molecule has 0 aromatic carbocycles. The molecule has 1 atom stereocenters. The van der Waals surface area contributed by atoms with Crippen LogP contribution in [0.15, 0.2) is 12.4 Å². The fourth-order valence-electron chi connectivity index (χ4n) is 1.76. The second-order valence-electron chi connectivity index (χ2n) is 4.27. The molecule has 0 amide bonds. The summed E-state index contributed by atoms with van der Waals surface area (Å²) in [5, 5.41) is 14.9. The third kappa shape index (κ3) is 2.52. The highest BCUT2D eigenvalue weighted by molar-refractivity contribution is 6.31. The lowest BCUT2D eigenvalue weighted by molar-refractivity contribution is 0.170. The lowest BCUT2D eigenvalue weighted by Crippen LogP contribution is -2.09. The van der Waals surface area contributed by atoms with Crippen molar-refractivity contribution < 1.29 is 5.11 Å². The summed E-state index contributed by atoms with van der Waals surface area (Å²) < 4.78 is 1.68. The molecule has 1 N–H and O–H groups in total. The second-order valence-corrected chi connectivity index (χ2v) is 4.65. The highest BCUT2D eigenvalue weighted by Gasteiger charge is 2.17. The minimum Gasteiger partial charge on any atom is -0.386 e. The zero-order valence-corrected chi connectivity index (χ0v) is 11.3. The van der Waals surface area contributed by atoms with Crippen LogP contribution in [0.3, 0.4) is 0 Å². The van der Waals surface area contributed by atoms with Crippen molar-refractivity contribution in [3.05, 3.63) is 40.2 Å². The van der Waals surface area contributed by atoms with E-state index in [0.29, 0.717) is 17.1 Å². The zero-order valence-electron chi connectivity index (χ0n) is 10.6. The molecule has 18 heavy (non-hydrogen) atoms. The Morgan fingerprint density at radius 3 is 2.56 bits per heavy atom. The van der Waals surface area contributed by atoms with E-state index in [0.717, 1.165) is 17.1 Å². The first-order valence-corrected chi connectivity index (χ1v) is 6.01. The lowest BCUT2D eigenvalue weighted by atomic mass is 10.1. The van der Waals surface area contributed by atoms with E-state index in [1.807, 2.05) is 20.9 Å². The summed E-state index contributed by atoms with van der Waals surface area (Å²) in [4.78, 5) is 8.27. The molecule has 2 rings (SSSR count). The van der Waals surface area contributed by atoms with Crippen LogP contribution in [-0.2, 0) is 13.5 Å². The number of halogens is 1. The molecule has 0 aliphatic heterocycles. The van der Waals surface area contributed by atoms with Crippen LogP contribution < -0.4 is 0 Å². The molecule has 6 heteroatoms. The van der Waals surface area contributed by atoms with Gasteiger partial charge in [-0.15, -0.1) is 0 Å². The van der Waals surface area contributed by atoms with Gasteiger partial charge in [0.1, 0.15) is 6.10 Å². The summed E-state index contributed by atoms with van der Waals surface area (Å²) in [5.41, 5.74) is 2.91. The molecule has 2 heterocycles. The first kappa shape index (κ1) is 13.0. The second kappa shape index (κ2) is 5.04. The highest BCUT2D eigenvalue weighted by atomic mass is 35.5. The normalized spacial score (nSPS) is 12.7. The monoisotopic (exact) mass is 266 g/mol. The van der Waals surface area contributed by atoms with Gasteiger partial charge in [0.2, 0.25) is 0 Å². The lowest BCUT2D eigenvalue weighted by Gasteiger charge is -2.10. The van der Waals surface area contributed by atoms with Crippen LogP contribution in [-0.4, -0.2) is 24.9 Å². The average Bonchev–Trinajstić information content (AvgIpc) is 2.57. The first-order chi connectivity index (χ1) is 8.49. The molecule has 0 spiro atoms. The van der Waals surface area contributed by atoms with Crippen LogP contribution in [0.25, 0.3) is 0 Å². The minimum atomic E-state index is -0.731. The Morgan fingerprint density at radius 1 is 1.33 bits per heavy atom. The van der Waals surface area contributed by atoms with Gasteiger partial charge in [-0.1, -0.05) is 11.6 Å². The Kier molecular flexibility index (Phi) is 3.63. The Bertz CT molecular complexity index is 550. The van der Waals surface area contributed by atoms with Crippen molar-refractivity contribution in [1.82, 2.24) is 19.7 Å². The largest absolute Gasteiger partial charge is 0.386 e. The van der Waals surface area contributed by atoms with Crippen molar-refractivity contribution in [2.24, 2.45) is 7.05 Å². The fourth-order valence-corrected chi connectivity index (χ4v) is 2.00. The fraction of sp³-hybridized carbons (Fsp3) is 0.417. The number of hydrogen-bond acceptors (Lipinski definition) is 4. The van der Waals surface area contributed by atoms with Crippen molar-refractivity contribution in [2.45, 2.75) is 26.4 Å². The Morgan fingerprint density at radius 2 is 2.06 bits per heavy atom. The number of hydrogen-bond donors (Lipinski definition) is 1. The van der Waals surface area contributed by atoms with E-state index in [1.165, 1.54) is 0 Å². The highest BCUT2D eigenvalue weighted by Crippen LogP contribution is 2.24. The summed E-state index contributed by atoms with van der Waals surface area (Å²) >= 11 is 6.14. The number of aliphatic hydroxyl groups is 1. The molecule has 0 aliphatic rings. The van der Waals surface area contributed by atoms with E-state index < -0.39 is 6.10 Å². The molecule has 0 bridgehead atoms. The molecule has 0 radical (unpaired) electrons. The minimum absolute atomic E-state index is 0.369. The van der Waals surface area contributed by atoms with E-state index in [-0.39, 0.29) is 0 Å². The van der Waals surface area contributed by atoms with E-state index in [1.54, 1.807) is 17.1 Å². The van der Waals surface area contributed by atoms with Gasteiger partial charge in [-0.05, 0) is 13.8 Å². The standard InChI is InChI=1S/C12H15ClN4O/c1-7-5-15-9(6-14-7)11(18)4-10-12(13)8(2)16-17(10)3/h5-6,11,18H,4H2,1-3H3. The molecular weight excluding hydrogens is 252 g/mol. The summed E-state index contributed by atoms with van der Waals surface area (Å²) in [6.07, 6.45) is 2.85. The van der Waals surface area contributed by atoms with Crippen LogP contribution >= 0.6 is 11.6 Å². The van der Waals surface area contributed by atoms with Crippen molar-refractivity contribution in [1.29, 1.82) is 0 Å². The smallest absolute Gasteiger partial charge is 0.103 e. The molecule has 0 saturated heterocycles. The predicted molar refractivity (Wildman–Crippen MR) is 68.4 cm³/mol. The maximum atomic E-state index is 10.1. The van der Waals surface area contributed by atoms with E-state index in [9.17, 15) is 5.11 Å². The molecule has 2 aromatic heterocycles. The van der Waals surface area contributed by atoms with Gasteiger partial charge in [-0.25, -0.2) is 0 Å². The van der Waals surface area contributed by atoms with Crippen molar-refractivity contribution in [3.8, 4) is 0 Å². The number of rotatable bonds is 3.